The fourth-order valence-corrected chi connectivity index (χ4v) is 2.38. The lowest BCUT2D eigenvalue weighted by atomic mass is 9.90. The summed E-state index contributed by atoms with van der Waals surface area (Å²) in [4.78, 5) is 11.5. The molecule has 1 aliphatic heterocycles. The number of aromatic nitrogens is 1. The summed E-state index contributed by atoms with van der Waals surface area (Å²) in [5.41, 5.74) is 1.76. The largest absolute Gasteiger partial charge is 0.378 e. The van der Waals surface area contributed by atoms with Crippen LogP contribution in [0.1, 0.15) is 24.3 Å². The lowest BCUT2D eigenvalue weighted by Gasteiger charge is -2.22. The highest BCUT2D eigenvalue weighted by atomic mass is 16.5. The second kappa shape index (κ2) is 3.79. The van der Waals surface area contributed by atoms with Crippen LogP contribution in [-0.2, 0) is 0 Å². The molecule has 4 heteroatoms. The van der Waals surface area contributed by atoms with Gasteiger partial charge in [0.05, 0.1) is 5.39 Å². The second-order valence-corrected chi connectivity index (χ2v) is 4.31. The fraction of sp³-hybridized carbons (Fsp3) is 0.417. The molecule has 1 fully saturated rings. The molecule has 0 spiro atoms. The smallest absolute Gasteiger partial charge is 0.287 e. The van der Waals surface area contributed by atoms with Crippen LogP contribution in [-0.4, -0.2) is 18.2 Å². The van der Waals surface area contributed by atoms with Crippen LogP contribution < -0.4 is 10.9 Å². The van der Waals surface area contributed by atoms with Crippen molar-refractivity contribution in [3.63, 3.8) is 0 Å². The molecule has 1 aromatic carbocycles. The third-order valence-corrected chi connectivity index (χ3v) is 3.31. The molecule has 4 nitrogen and oxygen atoms in total. The Bertz CT molecular complexity index is 549. The molecule has 84 valence electrons. The minimum absolute atomic E-state index is 0.134. The Morgan fingerprint density at radius 2 is 2.06 bits per heavy atom. The molecule has 1 saturated heterocycles. The van der Waals surface area contributed by atoms with Crippen molar-refractivity contribution in [2.75, 3.05) is 13.1 Å². The first-order valence-electron chi connectivity index (χ1n) is 5.66. The van der Waals surface area contributed by atoms with Gasteiger partial charge in [0, 0.05) is 0 Å². The maximum atomic E-state index is 11.5. The second-order valence-electron chi connectivity index (χ2n) is 4.31. The molecule has 0 bridgehead atoms. The van der Waals surface area contributed by atoms with Gasteiger partial charge in [-0.2, -0.15) is 5.16 Å². The first kappa shape index (κ1) is 9.66. The van der Waals surface area contributed by atoms with Gasteiger partial charge in [-0.05, 0) is 49.5 Å². The summed E-state index contributed by atoms with van der Waals surface area (Å²) in [5, 5.41) is 6.37. The third kappa shape index (κ3) is 1.55. The predicted octanol–water partition coefficient (Wildman–Crippen LogP) is 1.59. The molecule has 0 atom stereocenters. The van der Waals surface area contributed by atoms with Crippen LogP contribution in [0.3, 0.4) is 0 Å². The summed E-state index contributed by atoms with van der Waals surface area (Å²) in [6, 6.07) is 5.91. The molecule has 2 N–H and O–H groups in total. The minimum Gasteiger partial charge on any atom is -0.378 e. The normalized spacial score (nSPS) is 18.0. The summed E-state index contributed by atoms with van der Waals surface area (Å²) in [5.74, 6) is 0.569. The Kier molecular flexibility index (Phi) is 2.29. The average molecular weight is 218 g/mol. The zero-order valence-electron chi connectivity index (χ0n) is 8.95. The van der Waals surface area contributed by atoms with Crippen LogP contribution in [0.2, 0.25) is 0 Å². The maximum Gasteiger partial charge on any atom is 0.287 e. The van der Waals surface area contributed by atoms with Gasteiger partial charge in [-0.25, -0.2) is 0 Å². The number of H-pyrrole nitrogens is 1. The van der Waals surface area contributed by atoms with E-state index in [1.165, 1.54) is 5.56 Å². The van der Waals surface area contributed by atoms with Gasteiger partial charge in [0.25, 0.3) is 5.56 Å². The van der Waals surface area contributed by atoms with Crippen molar-refractivity contribution in [2.24, 2.45) is 0 Å². The van der Waals surface area contributed by atoms with Crippen LogP contribution in [0.4, 0.5) is 0 Å². The van der Waals surface area contributed by atoms with Gasteiger partial charge in [-0.15, -0.1) is 0 Å². The third-order valence-electron chi connectivity index (χ3n) is 3.31. The zero-order valence-corrected chi connectivity index (χ0v) is 8.95. The van der Waals surface area contributed by atoms with Crippen LogP contribution in [0.5, 0.6) is 0 Å². The Hall–Kier alpha value is -1.55. The summed E-state index contributed by atoms with van der Waals surface area (Å²) in [6.45, 7) is 2.12. The Labute approximate surface area is 92.6 Å². The standard InChI is InChI=1S/C12H14N2O2/c15-12-10-7-9(1-2-11(10)16-14-12)8-3-5-13-6-4-8/h1-2,7-8,13H,3-6H2,(H,14,15). The summed E-state index contributed by atoms with van der Waals surface area (Å²) < 4.78 is 5.04. The lowest BCUT2D eigenvalue weighted by molar-refractivity contribution is 0.448. The molecule has 0 aliphatic carbocycles. The van der Waals surface area contributed by atoms with E-state index in [0.29, 0.717) is 16.9 Å². The van der Waals surface area contributed by atoms with E-state index < -0.39 is 0 Å². The van der Waals surface area contributed by atoms with Crippen LogP contribution in [0.15, 0.2) is 27.5 Å². The van der Waals surface area contributed by atoms with E-state index in [2.05, 4.69) is 16.5 Å². The first-order chi connectivity index (χ1) is 7.84. The predicted molar refractivity (Wildman–Crippen MR) is 61.7 cm³/mol. The van der Waals surface area contributed by atoms with Crippen molar-refractivity contribution >= 4 is 11.0 Å². The number of nitrogens with one attached hydrogen (secondary N) is 2. The van der Waals surface area contributed by atoms with Crippen molar-refractivity contribution in [1.29, 1.82) is 0 Å². The number of hydrogen-bond donors (Lipinski definition) is 2. The highest BCUT2D eigenvalue weighted by molar-refractivity contribution is 5.76. The summed E-state index contributed by atoms with van der Waals surface area (Å²) in [6.07, 6.45) is 2.28. The van der Waals surface area contributed by atoms with Gasteiger partial charge < -0.3 is 9.84 Å². The Balaban J connectivity index is 2.03. The summed E-state index contributed by atoms with van der Waals surface area (Å²) in [7, 11) is 0. The van der Waals surface area contributed by atoms with Gasteiger partial charge >= 0.3 is 0 Å². The fourth-order valence-electron chi connectivity index (χ4n) is 2.38. The van der Waals surface area contributed by atoms with Crippen LogP contribution in [0, 0.1) is 0 Å². The number of fused-ring (bicyclic) bond motifs is 1. The number of aromatic amines is 1. The quantitative estimate of drug-likeness (QED) is 0.764. The number of hydrogen-bond acceptors (Lipinski definition) is 3. The molecule has 0 radical (unpaired) electrons. The first-order valence-corrected chi connectivity index (χ1v) is 5.66. The van der Waals surface area contributed by atoms with E-state index >= 15 is 0 Å². The number of benzene rings is 1. The molecule has 0 amide bonds. The van der Waals surface area contributed by atoms with Gasteiger partial charge in [0.2, 0.25) is 0 Å². The minimum atomic E-state index is -0.134. The number of piperidine rings is 1. The van der Waals surface area contributed by atoms with E-state index in [4.69, 9.17) is 4.52 Å². The van der Waals surface area contributed by atoms with Crippen molar-refractivity contribution in [1.82, 2.24) is 10.5 Å². The Morgan fingerprint density at radius 1 is 1.25 bits per heavy atom. The van der Waals surface area contributed by atoms with E-state index in [1.807, 2.05) is 12.1 Å². The molecule has 0 saturated carbocycles. The van der Waals surface area contributed by atoms with Gasteiger partial charge in [0.1, 0.15) is 0 Å². The lowest BCUT2D eigenvalue weighted by Crippen LogP contribution is -2.26. The van der Waals surface area contributed by atoms with Gasteiger partial charge in [0.15, 0.2) is 5.58 Å². The van der Waals surface area contributed by atoms with Crippen LogP contribution in [0.25, 0.3) is 11.0 Å². The van der Waals surface area contributed by atoms with Crippen molar-refractivity contribution < 1.29 is 4.52 Å². The molecule has 0 unspecified atom stereocenters. The van der Waals surface area contributed by atoms with Crippen molar-refractivity contribution in [3.05, 3.63) is 34.1 Å². The highest BCUT2D eigenvalue weighted by Crippen LogP contribution is 2.26. The molecular formula is C12H14N2O2. The summed E-state index contributed by atoms with van der Waals surface area (Å²) >= 11 is 0. The molecule has 2 aromatic rings. The zero-order chi connectivity index (χ0) is 11.0. The molecule has 1 aliphatic rings. The van der Waals surface area contributed by atoms with E-state index in [9.17, 15) is 4.79 Å². The number of rotatable bonds is 1. The Morgan fingerprint density at radius 3 is 2.88 bits per heavy atom. The average Bonchev–Trinajstić information content (AvgIpc) is 2.72. The van der Waals surface area contributed by atoms with Crippen LogP contribution >= 0.6 is 0 Å². The molecule has 2 heterocycles. The SMILES string of the molecule is O=c1[nH]oc2ccc(C3CCNCC3)cc12. The van der Waals surface area contributed by atoms with Crippen molar-refractivity contribution in [2.45, 2.75) is 18.8 Å². The highest BCUT2D eigenvalue weighted by Gasteiger charge is 2.16. The van der Waals surface area contributed by atoms with E-state index in [0.717, 1.165) is 25.9 Å². The molecule has 3 rings (SSSR count). The molecule has 16 heavy (non-hydrogen) atoms. The van der Waals surface area contributed by atoms with Gasteiger partial charge in [-0.3, -0.25) is 4.79 Å². The van der Waals surface area contributed by atoms with Gasteiger partial charge in [-0.1, -0.05) is 6.07 Å². The topological polar surface area (TPSA) is 58.0 Å². The van der Waals surface area contributed by atoms with E-state index in [1.54, 1.807) is 0 Å². The molecular weight excluding hydrogens is 204 g/mol. The maximum absolute atomic E-state index is 11.5. The van der Waals surface area contributed by atoms with Crippen molar-refractivity contribution in [3.8, 4) is 0 Å². The monoisotopic (exact) mass is 218 g/mol. The van der Waals surface area contributed by atoms with E-state index in [-0.39, 0.29) is 5.56 Å². The molecule has 1 aromatic heterocycles.